The van der Waals surface area contributed by atoms with Crippen LogP contribution in [0.1, 0.15) is 15.9 Å². The maximum Gasteiger partial charge on any atom is 0.200 e. The number of nitrogens with zero attached hydrogens (tertiary/aromatic N) is 1. The van der Waals surface area contributed by atoms with Crippen molar-refractivity contribution in [2.45, 2.75) is 4.90 Å². The third-order valence-electron chi connectivity index (χ3n) is 2.83. The quantitative estimate of drug-likeness (QED) is 0.624. The second kappa shape index (κ2) is 6.91. The number of hydrogen-bond acceptors (Lipinski definition) is 4. The van der Waals surface area contributed by atoms with Gasteiger partial charge in [0, 0.05) is 10.5 Å². The average Bonchev–Trinajstić information content (AvgIpc) is 2.53. The number of thioether (sulfide) groups is 1. The van der Waals surface area contributed by atoms with E-state index in [1.54, 1.807) is 23.9 Å². The van der Waals surface area contributed by atoms with E-state index in [4.69, 9.17) is 10.00 Å². The number of hydrogen-bond donors (Lipinski definition) is 0. The Morgan fingerprint density at radius 2 is 2.00 bits per heavy atom. The molecular formula is C16H12FNO2S. The topological polar surface area (TPSA) is 50.1 Å². The highest BCUT2D eigenvalue weighted by atomic mass is 32.2. The first-order valence-electron chi connectivity index (χ1n) is 6.13. The molecule has 5 heteroatoms. The molecule has 21 heavy (non-hydrogen) atoms. The van der Waals surface area contributed by atoms with Crippen LogP contribution in [0.3, 0.4) is 0 Å². The van der Waals surface area contributed by atoms with Gasteiger partial charge in [-0.25, -0.2) is 4.39 Å². The van der Waals surface area contributed by atoms with Crippen LogP contribution in [0.5, 0.6) is 5.75 Å². The Labute approximate surface area is 126 Å². The zero-order valence-corrected chi connectivity index (χ0v) is 12.1. The lowest BCUT2D eigenvalue weighted by Crippen LogP contribution is -2.12. The summed E-state index contributed by atoms with van der Waals surface area (Å²) in [6, 6.07) is 12.8. The van der Waals surface area contributed by atoms with Gasteiger partial charge in [-0.05, 0) is 36.6 Å². The van der Waals surface area contributed by atoms with Crippen LogP contribution < -0.4 is 4.74 Å². The number of carbonyl (C=O) groups excluding carboxylic acids is 1. The molecule has 0 saturated carbocycles. The lowest BCUT2D eigenvalue weighted by Gasteiger charge is -2.07. The zero-order valence-electron chi connectivity index (χ0n) is 11.3. The summed E-state index contributed by atoms with van der Waals surface area (Å²) in [4.78, 5) is 13.0. The van der Waals surface area contributed by atoms with Crippen molar-refractivity contribution < 1.29 is 13.9 Å². The predicted octanol–water partition coefficient (Wildman–Crippen LogP) is 3.68. The van der Waals surface area contributed by atoms with Crippen molar-refractivity contribution in [2.75, 3.05) is 12.9 Å². The van der Waals surface area contributed by atoms with Gasteiger partial charge in [0.2, 0.25) is 0 Å². The third-order valence-corrected chi connectivity index (χ3v) is 3.58. The van der Waals surface area contributed by atoms with Gasteiger partial charge in [0.1, 0.15) is 0 Å². The van der Waals surface area contributed by atoms with Crippen LogP contribution in [0.15, 0.2) is 47.4 Å². The van der Waals surface area contributed by atoms with Crippen molar-refractivity contribution in [3.63, 3.8) is 0 Å². The van der Waals surface area contributed by atoms with Gasteiger partial charge >= 0.3 is 0 Å². The lowest BCUT2D eigenvalue weighted by molar-refractivity contribution is 0.0918. The second-order valence-corrected chi connectivity index (χ2v) is 5.08. The Hall–Kier alpha value is -2.32. The van der Waals surface area contributed by atoms with Crippen molar-refractivity contribution in [2.24, 2.45) is 0 Å². The van der Waals surface area contributed by atoms with E-state index < -0.39 is 5.82 Å². The molecule has 0 amide bonds. The lowest BCUT2D eigenvalue weighted by atomic mass is 10.1. The Bertz CT molecular complexity index is 692. The molecule has 2 aromatic carbocycles. The first-order valence-corrected chi connectivity index (χ1v) is 7.36. The molecule has 0 saturated heterocycles. The molecule has 0 bridgehead atoms. The highest BCUT2D eigenvalue weighted by molar-refractivity contribution is 7.98. The summed E-state index contributed by atoms with van der Waals surface area (Å²) in [6.45, 7) is -0.249. The molecule has 0 spiro atoms. The molecule has 0 fully saturated rings. The average molecular weight is 301 g/mol. The highest BCUT2D eigenvalue weighted by Crippen LogP contribution is 2.19. The Kier molecular flexibility index (Phi) is 4.96. The number of ether oxygens (including phenoxy) is 1. The molecule has 0 aliphatic carbocycles. The molecule has 2 rings (SSSR count). The monoisotopic (exact) mass is 301 g/mol. The van der Waals surface area contributed by atoms with Crippen molar-refractivity contribution >= 4 is 17.5 Å². The molecule has 0 atom stereocenters. The Balaban J connectivity index is 2.02. The first-order chi connectivity index (χ1) is 10.1. The van der Waals surface area contributed by atoms with Crippen molar-refractivity contribution in [1.82, 2.24) is 0 Å². The standard InChI is InChI=1S/C16H12FNO2S/c1-21-13-5-3-12(4-6-13)15(19)10-20-16-7-2-11(9-18)8-14(16)17/h2-8H,10H2,1H3. The minimum Gasteiger partial charge on any atom is -0.482 e. The van der Waals surface area contributed by atoms with Crippen LogP contribution in [0.4, 0.5) is 4.39 Å². The van der Waals surface area contributed by atoms with Crippen molar-refractivity contribution in [1.29, 1.82) is 5.26 Å². The van der Waals surface area contributed by atoms with Gasteiger partial charge in [0.15, 0.2) is 24.0 Å². The van der Waals surface area contributed by atoms with Gasteiger partial charge in [-0.3, -0.25) is 4.79 Å². The minimum atomic E-state index is -0.653. The fourth-order valence-electron chi connectivity index (χ4n) is 1.69. The highest BCUT2D eigenvalue weighted by Gasteiger charge is 2.10. The largest absolute Gasteiger partial charge is 0.482 e. The van der Waals surface area contributed by atoms with E-state index in [-0.39, 0.29) is 23.7 Å². The molecule has 0 aromatic heterocycles. The third kappa shape index (κ3) is 3.83. The first kappa shape index (κ1) is 15.1. The smallest absolute Gasteiger partial charge is 0.200 e. The maximum absolute atomic E-state index is 13.6. The van der Waals surface area contributed by atoms with E-state index in [0.29, 0.717) is 5.56 Å². The number of rotatable bonds is 5. The molecule has 0 unspecified atom stereocenters. The molecule has 0 aliphatic rings. The van der Waals surface area contributed by atoms with E-state index in [1.807, 2.05) is 24.5 Å². The van der Waals surface area contributed by atoms with E-state index in [9.17, 15) is 9.18 Å². The molecular weight excluding hydrogens is 289 g/mol. The van der Waals surface area contributed by atoms with Crippen molar-refractivity contribution in [3.05, 3.63) is 59.4 Å². The minimum absolute atomic E-state index is 0.0388. The molecule has 106 valence electrons. The van der Waals surface area contributed by atoms with E-state index in [0.717, 1.165) is 11.0 Å². The van der Waals surface area contributed by atoms with Crippen LogP contribution in [0, 0.1) is 17.1 Å². The SMILES string of the molecule is CSc1ccc(C(=O)COc2ccc(C#N)cc2F)cc1. The van der Waals surface area contributed by atoms with E-state index in [1.165, 1.54) is 12.1 Å². The van der Waals surface area contributed by atoms with Gasteiger partial charge in [-0.15, -0.1) is 11.8 Å². The van der Waals surface area contributed by atoms with Gasteiger partial charge < -0.3 is 4.74 Å². The van der Waals surface area contributed by atoms with Gasteiger partial charge in [0.25, 0.3) is 0 Å². The maximum atomic E-state index is 13.6. The van der Waals surface area contributed by atoms with Gasteiger partial charge in [-0.2, -0.15) is 5.26 Å². The summed E-state index contributed by atoms with van der Waals surface area (Å²) in [5.74, 6) is -0.922. The summed E-state index contributed by atoms with van der Waals surface area (Å²) in [6.07, 6.45) is 1.95. The number of halogens is 1. The van der Waals surface area contributed by atoms with Crippen LogP contribution in [0.25, 0.3) is 0 Å². The van der Waals surface area contributed by atoms with Crippen molar-refractivity contribution in [3.8, 4) is 11.8 Å². The van der Waals surface area contributed by atoms with Gasteiger partial charge in [-0.1, -0.05) is 12.1 Å². The molecule has 0 heterocycles. The molecule has 0 N–H and O–H groups in total. The normalized spacial score (nSPS) is 9.95. The summed E-state index contributed by atoms with van der Waals surface area (Å²) in [5.41, 5.74) is 0.723. The number of ketones is 1. The number of nitriles is 1. The molecule has 0 aliphatic heterocycles. The molecule has 0 radical (unpaired) electrons. The predicted molar refractivity (Wildman–Crippen MR) is 79.2 cm³/mol. The summed E-state index contributed by atoms with van der Waals surface area (Å²) < 4.78 is 18.8. The summed E-state index contributed by atoms with van der Waals surface area (Å²) in [5, 5.41) is 8.65. The van der Waals surface area contributed by atoms with Crippen LogP contribution in [0.2, 0.25) is 0 Å². The number of carbonyl (C=O) groups is 1. The fraction of sp³-hybridized carbons (Fsp3) is 0.125. The Morgan fingerprint density at radius 3 is 2.57 bits per heavy atom. The van der Waals surface area contributed by atoms with E-state index >= 15 is 0 Å². The summed E-state index contributed by atoms with van der Waals surface area (Å²) >= 11 is 1.59. The van der Waals surface area contributed by atoms with E-state index in [2.05, 4.69) is 0 Å². The summed E-state index contributed by atoms with van der Waals surface area (Å²) in [7, 11) is 0. The second-order valence-electron chi connectivity index (χ2n) is 4.20. The molecule has 3 nitrogen and oxygen atoms in total. The van der Waals surface area contributed by atoms with Crippen LogP contribution >= 0.6 is 11.8 Å². The Morgan fingerprint density at radius 1 is 1.29 bits per heavy atom. The number of Topliss-reactive ketones (excluding diaryl/α,β-unsaturated/α-hetero) is 1. The number of benzene rings is 2. The fourth-order valence-corrected chi connectivity index (χ4v) is 2.10. The van der Waals surface area contributed by atoms with Gasteiger partial charge in [0.05, 0.1) is 11.6 Å². The molecule has 2 aromatic rings. The van der Waals surface area contributed by atoms with Crippen LogP contribution in [-0.4, -0.2) is 18.6 Å². The van der Waals surface area contributed by atoms with Crippen LogP contribution in [-0.2, 0) is 0 Å². The zero-order chi connectivity index (χ0) is 15.2.